The number of nitrogens with zero attached hydrogens (tertiary/aromatic N) is 2. The normalized spacial score (nSPS) is 29.8. The van der Waals surface area contributed by atoms with Crippen molar-refractivity contribution in [1.29, 1.82) is 0 Å². The van der Waals surface area contributed by atoms with Crippen LogP contribution < -0.4 is 5.32 Å². The van der Waals surface area contributed by atoms with Gasteiger partial charge in [0.1, 0.15) is 0 Å². The first-order valence-electron chi connectivity index (χ1n) is 7.80. The molecule has 110 valence electrons. The van der Waals surface area contributed by atoms with Gasteiger partial charge in [-0.3, -0.25) is 9.69 Å². The zero-order chi connectivity index (χ0) is 13.8. The maximum absolute atomic E-state index is 12.5. The molecule has 2 fully saturated rings. The maximum atomic E-state index is 12.5. The van der Waals surface area contributed by atoms with E-state index in [1.165, 1.54) is 0 Å². The second-order valence-electron chi connectivity index (χ2n) is 6.60. The van der Waals surface area contributed by atoms with Crippen LogP contribution in [0.25, 0.3) is 0 Å². The molecule has 0 aliphatic carbocycles. The van der Waals surface area contributed by atoms with Gasteiger partial charge in [0.05, 0.1) is 5.92 Å². The molecule has 19 heavy (non-hydrogen) atoms. The molecule has 0 aromatic rings. The average Bonchev–Trinajstić information content (AvgIpc) is 2.39. The lowest BCUT2D eigenvalue weighted by atomic mass is 9.94. The van der Waals surface area contributed by atoms with Gasteiger partial charge >= 0.3 is 0 Å². The van der Waals surface area contributed by atoms with Crippen molar-refractivity contribution in [3.8, 4) is 0 Å². The van der Waals surface area contributed by atoms with Gasteiger partial charge in [-0.15, -0.1) is 0 Å². The van der Waals surface area contributed by atoms with Crippen molar-refractivity contribution in [2.24, 2.45) is 11.8 Å². The summed E-state index contributed by atoms with van der Waals surface area (Å²) in [4.78, 5) is 17.0. The largest absolute Gasteiger partial charge is 0.340 e. The van der Waals surface area contributed by atoms with Gasteiger partial charge in [-0.05, 0) is 25.7 Å². The number of piperazine rings is 1. The Morgan fingerprint density at radius 2 is 1.89 bits per heavy atom. The lowest BCUT2D eigenvalue weighted by Crippen LogP contribution is -2.53. The molecule has 2 atom stereocenters. The molecule has 0 aromatic carbocycles. The third-order valence-corrected chi connectivity index (χ3v) is 4.32. The van der Waals surface area contributed by atoms with Crippen molar-refractivity contribution in [3.05, 3.63) is 0 Å². The molecule has 2 aliphatic rings. The van der Waals surface area contributed by atoms with E-state index in [0.717, 1.165) is 52.1 Å². The first-order valence-corrected chi connectivity index (χ1v) is 7.80. The highest BCUT2D eigenvalue weighted by molar-refractivity contribution is 5.79. The summed E-state index contributed by atoms with van der Waals surface area (Å²) in [6.07, 6.45) is 2.18. The summed E-state index contributed by atoms with van der Waals surface area (Å²) in [5.74, 6) is 1.31. The van der Waals surface area contributed by atoms with Crippen LogP contribution >= 0.6 is 0 Å². The van der Waals surface area contributed by atoms with Crippen molar-refractivity contribution in [2.75, 3.05) is 39.3 Å². The fraction of sp³-hybridized carbons (Fsp3) is 0.933. The van der Waals surface area contributed by atoms with E-state index in [-0.39, 0.29) is 5.92 Å². The standard InChI is InChI=1S/C15H29N3O/c1-12(2)11-17-6-8-18(9-7-17)15(19)14-5-4-13(3)16-10-14/h12-14,16H,4-11H2,1-3H3. The van der Waals surface area contributed by atoms with Crippen LogP contribution in [0.1, 0.15) is 33.6 Å². The Hall–Kier alpha value is -0.610. The third kappa shape index (κ3) is 4.18. The molecule has 4 nitrogen and oxygen atoms in total. The predicted octanol–water partition coefficient (Wildman–Crippen LogP) is 1.17. The number of carbonyl (C=O) groups is 1. The van der Waals surface area contributed by atoms with E-state index >= 15 is 0 Å². The Morgan fingerprint density at radius 1 is 1.21 bits per heavy atom. The van der Waals surface area contributed by atoms with Gasteiger partial charge in [0.25, 0.3) is 0 Å². The van der Waals surface area contributed by atoms with Gasteiger partial charge in [0, 0.05) is 45.3 Å². The lowest BCUT2D eigenvalue weighted by molar-refractivity contribution is -0.138. The molecule has 2 saturated heterocycles. The molecule has 0 radical (unpaired) electrons. The molecule has 2 aliphatic heterocycles. The van der Waals surface area contributed by atoms with Gasteiger partial charge < -0.3 is 10.2 Å². The summed E-state index contributed by atoms with van der Waals surface area (Å²) in [7, 11) is 0. The van der Waals surface area contributed by atoms with Gasteiger partial charge in [-0.1, -0.05) is 13.8 Å². The summed E-state index contributed by atoms with van der Waals surface area (Å²) in [6.45, 7) is 12.6. The van der Waals surface area contributed by atoms with Crippen LogP contribution in [0.3, 0.4) is 0 Å². The summed E-state index contributed by atoms with van der Waals surface area (Å²) in [5, 5.41) is 3.43. The van der Waals surface area contributed by atoms with Crippen molar-refractivity contribution in [1.82, 2.24) is 15.1 Å². The van der Waals surface area contributed by atoms with E-state index < -0.39 is 0 Å². The quantitative estimate of drug-likeness (QED) is 0.834. The molecular weight excluding hydrogens is 238 g/mol. The molecule has 0 saturated carbocycles. The molecule has 1 amide bonds. The van der Waals surface area contributed by atoms with Gasteiger partial charge in [-0.25, -0.2) is 0 Å². The maximum Gasteiger partial charge on any atom is 0.227 e. The zero-order valence-electron chi connectivity index (χ0n) is 12.7. The fourth-order valence-corrected chi connectivity index (χ4v) is 3.13. The number of rotatable bonds is 3. The van der Waals surface area contributed by atoms with E-state index in [0.29, 0.717) is 17.9 Å². The van der Waals surface area contributed by atoms with Crippen LogP contribution in [0.15, 0.2) is 0 Å². The van der Waals surface area contributed by atoms with Crippen LogP contribution in [-0.4, -0.2) is 61.0 Å². The van der Waals surface area contributed by atoms with Crippen molar-refractivity contribution >= 4 is 5.91 Å². The van der Waals surface area contributed by atoms with Crippen LogP contribution in [0.2, 0.25) is 0 Å². The second kappa shape index (κ2) is 6.71. The summed E-state index contributed by atoms with van der Waals surface area (Å²) in [6, 6.07) is 0.576. The molecule has 4 heteroatoms. The number of carbonyl (C=O) groups excluding carboxylic acids is 1. The van der Waals surface area contributed by atoms with Crippen molar-refractivity contribution in [3.63, 3.8) is 0 Å². The Kier molecular flexibility index (Phi) is 5.22. The topological polar surface area (TPSA) is 35.6 Å². The smallest absolute Gasteiger partial charge is 0.227 e. The van der Waals surface area contributed by atoms with Gasteiger partial charge in [-0.2, -0.15) is 0 Å². The zero-order valence-corrected chi connectivity index (χ0v) is 12.7. The molecule has 2 rings (SSSR count). The summed E-state index contributed by atoms with van der Waals surface area (Å²) in [5.41, 5.74) is 0. The highest BCUT2D eigenvalue weighted by Gasteiger charge is 2.29. The van der Waals surface area contributed by atoms with Crippen LogP contribution in [-0.2, 0) is 4.79 Å². The number of amides is 1. The lowest BCUT2D eigenvalue weighted by Gasteiger charge is -2.38. The third-order valence-electron chi connectivity index (χ3n) is 4.32. The number of hydrogen-bond donors (Lipinski definition) is 1. The Labute approximate surface area is 117 Å². The molecule has 0 aromatic heterocycles. The highest BCUT2D eigenvalue weighted by Crippen LogP contribution is 2.18. The minimum absolute atomic E-state index is 0.216. The Bertz CT molecular complexity index is 290. The molecule has 1 N–H and O–H groups in total. The van der Waals surface area contributed by atoms with Crippen molar-refractivity contribution in [2.45, 2.75) is 39.7 Å². The fourth-order valence-electron chi connectivity index (χ4n) is 3.13. The number of nitrogens with one attached hydrogen (secondary N) is 1. The van der Waals surface area contributed by atoms with Crippen LogP contribution in [0.4, 0.5) is 0 Å². The average molecular weight is 267 g/mol. The molecule has 2 unspecified atom stereocenters. The molecule has 0 bridgehead atoms. The van der Waals surface area contributed by atoms with Gasteiger partial charge in [0.15, 0.2) is 0 Å². The molecule has 2 heterocycles. The first-order chi connectivity index (χ1) is 9.06. The monoisotopic (exact) mass is 267 g/mol. The second-order valence-corrected chi connectivity index (χ2v) is 6.60. The molecular formula is C15H29N3O. The first kappa shape index (κ1) is 14.8. The number of piperidine rings is 1. The van der Waals surface area contributed by atoms with E-state index in [4.69, 9.17) is 0 Å². The number of hydrogen-bond acceptors (Lipinski definition) is 3. The minimum atomic E-state index is 0.216. The summed E-state index contributed by atoms with van der Waals surface area (Å²) < 4.78 is 0. The minimum Gasteiger partial charge on any atom is -0.340 e. The SMILES string of the molecule is CC(C)CN1CCN(C(=O)C2CCC(C)NC2)CC1. The van der Waals surface area contributed by atoms with E-state index in [2.05, 4.69) is 35.9 Å². The van der Waals surface area contributed by atoms with Crippen molar-refractivity contribution < 1.29 is 4.79 Å². The Balaban J connectivity index is 1.76. The van der Waals surface area contributed by atoms with E-state index in [1.807, 2.05) is 0 Å². The predicted molar refractivity (Wildman–Crippen MR) is 78.0 cm³/mol. The highest BCUT2D eigenvalue weighted by atomic mass is 16.2. The van der Waals surface area contributed by atoms with E-state index in [1.54, 1.807) is 0 Å². The Morgan fingerprint density at radius 3 is 2.42 bits per heavy atom. The van der Waals surface area contributed by atoms with Crippen LogP contribution in [0.5, 0.6) is 0 Å². The summed E-state index contributed by atoms with van der Waals surface area (Å²) >= 11 is 0. The van der Waals surface area contributed by atoms with Gasteiger partial charge in [0.2, 0.25) is 5.91 Å². The van der Waals surface area contributed by atoms with Crippen LogP contribution in [0, 0.1) is 11.8 Å². The van der Waals surface area contributed by atoms with E-state index in [9.17, 15) is 4.79 Å². The molecule has 0 spiro atoms.